The van der Waals surface area contributed by atoms with Crippen LogP contribution in [0.15, 0.2) is 29.0 Å². The second-order valence-corrected chi connectivity index (χ2v) is 2.45. The number of nitrogens with zero attached hydrogens (tertiary/aromatic N) is 1. The van der Waals surface area contributed by atoms with E-state index in [1.165, 1.54) is 0 Å². The maximum absolute atomic E-state index is 8.48. The van der Waals surface area contributed by atoms with E-state index in [1.807, 2.05) is 12.1 Å². The maximum Gasteiger partial charge on any atom is 0.152 e. The third kappa shape index (κ3) is 1.07. The van der Waals surface area contributed by atoms with Crippen LogP contribution >= 0.6 is 0 Å². The minimum Gasteiger partial charge on any atom is -0.462 e. The predicted molar refractivity (Wildman–Crippen MR) is 42.6 cm³/mol. The highest BCUT2D eigenvalue weighted by Gasteiger charge is 2.04. The zero-order chi connectivity index (χ0) is 8.39. The molecule has 0 aliphatic rings. The maximum atomic E-state index is 8.48. The molecule has 62 valence electrons. The van der Waals surface area contributed by atoms with Crippen LogP contribution in [0.1, 0.15) is 5.56 Å². The van der Waals surface area contributed by atoms with Crippen LogP contribution in [0.3, 0.4) is 0 Å². The Morgan fingerprint density at radius 3 is 3.33 bits per heavy atom. The van der Waals surface area contributed by atoms with Crippen molar-refractivity contribution in [3.63, 3.8) is 0 Å². The van der Waals surface area contributed by atoms with Gasteiger partial charge in [0.15, 0.2) is 5.58 Å². The molecule has 2 N–H and O–H groups in total. The van der Waals surface area contributed by atoms with Crippen molar-refractivity contribution in [2.75, 3.05) is 0 Å². The fraction of sp³-hybridized carbons (Fsp3) is 0.125. The number of hydroxylamine groups is 1. The van der Waals surface area contributed by atoms with Crippen molar-refractivity contribution < 1.29 is 9.62 Å². The molecule has 2 aromatic rings. The molecule has 0 atom stereocenters. The van der Waals surface area contributed by atoms with Gasteiger partial charge in [-0.15, -0.1) is 0 Å². The van der Waals surface area contributed by atoms with Crippen LogP contribution in [0.5, 0.6) is 0 Å². The Morgan fingerprint density at radius 2 is 2.50 bits per heavy atom. The lowest BCUT2D eigenvalue weighted by Crippen LogP contribution is -2.05. The number of pyridine rings is 1. The molecule has 0 fully saturated rings. The molecule has 0 amide bonds. The van der Waals surface area contributed by atoms with Gasteiger partial charge in [-0.1, -0.05) is 0 Å². The number of rotatable bonds is 2. The first-order valence-electron chi connectivity index (χ1n) is 3.60. The molecule has 0 aliphatic carbocycles. The molecule has 0 saturated carbocycles. The molecular weight excluding hydrogens is 156 g/mol. The SMILES string of the molecule is ONCc1coc2cccnc12. The third-order valence-electron chi connectivity index (χ3n) is 1.67. The molecule has 0 aliphatic heterocycles. The number of fused-ring (bicyclic) bond motifs is 1. The molecule has 2 heterocycles. The summed E-state index contributed by atoms with van der Waals surface area (Å²) in [7, 11) is 0. The number of furan rings is 1. The van der Waals surface area contributed by atoms with Crippen molar-refractivity contribution in [1.29, 1.82) is 0 Å². The normalized spacial score (nSPS) is 10.8. The van der Waals surface area contributed by atoms with Crippen LogP contribution in [0, 0.1) is 0 Å². The average molecular weight is 164 g/mol. The Labute approximate surface area is 68.8 Å². The number of aromatic nitrogens is 1. The summed E-state index contributed by atoms with van der Waals surface area (Å²) in [6.45, 7) is 0.351. The number of hydrogen-bond acceptors (Lipinski definition) is 4. The lowest BCUT2D eigenvalue weighted by atomic mass is 10.3. The Bertz CT molecular complexity index is 383. The summed E-state index contributed by atoms with van der Waals surface area (Å²) in [6.07, 6.45) is 3.28. The fourth-order valence-electron chi connectivity index (χ4n) is 1.13. The lowest BCUT2D eigenvalue weighted by Gasteiger charge is -1.92. The summed E-state index contributed by atoms with van der Waals surface area (Å²) in [4.78, 5) is 4.11. The first kappa shape index (κ1) is 7.27. The van der Waals surface area contributed by atoms with Gasteiger partial charge in [-0.2, -0.15) is 0 Å². The molecule has 0 spiro atoms. The van der Waals surface area contributed by atoms with E-state index in [4.69, 9.17) is 9.62 Å². The minimum atomic E-state index is 0.351. The van der Waals surface area contributed by atoms with E-state index in [2.05, 4.69) is 10.5 Å². The van der Waals surface area contributed by atoms with Crippen LogP contribution in [-0.4, -0.2) is 10.2 Å². The predicted octanol–water partition coefficient (Wildman–Crippen LogP) is 1.31. The Morgan fingerprint density at radius 1 is 1.58 bits per heavy atom. The molecular formula is C8H8N2O2. The van der Waals surface area contributed by atoms with E-state index in [0.29, 0.717) is 6.54 Å². The van der Waals surface area contributed by atoms with Gasteiger partial charge in [-0.05, 0) is 12.1 Å². The highest BCUT2D eigenvalue weighted by Crippen LogP contribution is 2.17. The lowest BCUT2D eigenvalue weighted by molar-refractivity contribution is 0.161. The van der Waals surface area contributed by atoms with Crippen molar-refractivity contribution in [3.05, 3.63) is 30.2 Å². The van der Waals surface area contributed by atoms with Gasteiger partial charge < -0.3 is 9.62 Å². The van der Waals surface area contributed by atoms with Crippen LogP contribution in [0.2, 0.25) is 0 Å². The Kier molecular flexibility index (Phi) is 1.77. The summed E-state index contributed by atoms with van der Waals surface area (Å²) in [6, 6.07) is 3.64. The zero-order valence-corrected chi connectivity index (χ0v) is 6.32. The van der Waals surface area contributed by atoms with Crippen LogP contribution in [0.25, 0.3) is 11.1 Å². The van der Waals surface area contributed by atoms with Crippen LogP contribution in [-0.2, 0) is 6.54 Å². The first-order valence-corrected chi connectivity index (χ1v) is 3.60. The van der Waals surface area contributed by atoms with E-state index in [9.17, 15) is 0 Å². The van der Waals surface area contributed by atoms with E-state index in [-0.39, 0.29) is 0 Å². The van der Waals surface area contributed by atoms with E-state index >= 15 is 0 Å². The van der Waals surface area contributed by atoms with Crippen molar-refractivity contribution in [2.24, 2.45) is 0 Å². The summed E-state index contributed by atoms with van der Waals surface area (Å²) in [5.41, 5.74) is 4.45. The highest BCUT2D eigenvalue weighted by atomic mass is 16.5. The third-order valence-corrected chi connectivity index (χ3v) is 1.67. The largest absolute Gasteiger partial charge is 0.462 e. The van der Waals surface area contributed by atoms with Gasteiger partial charge in [-0.3, -0.25) is 4.98 Å². The van der Waals surface area contributed by atoms with Gasteiger partial charge in [0.25, 0.3) is 0 Å². The molecule has 2 aromatic heterocycles. The fourth-order valence-corrected chi connectivity index (χ4v) is 1.13. The van der Waals surface area contributed by atoms with Crippen molar-refractivity contribution in [2.45, 2.75) is 6.54 Å². The molecule has 2 rings (SSSR count). The molecule has 4 nitrogen and oxygen atoms in total. The molecule has 0 saturated heterocycles. The topological polar surface area (TPSA) is 58.3 Å². The molecule has 0 aromatic carbocycles. The quantitative estimate of drug-likeness (QED) is 0.657. The van der Waals surface area contributed by atoms with E-state index in [0.717, 1.165) is 16.7 Å². The second-order valence-electron chi connectivity index (χ2n) is 2.45. The molecule has 0 unspecified atom stereocenters. The van der Waals surface area contributed by atoms with Gasteiger partial charge in [0.2, 0.25) is 0 Å². The zero-order valence-electron chi connectivity index (χ0n) is 6.32. The second kappa shape index (κ2) is 2.92. The van der Waals surface area contributed by atoms with Gasteiger partial charge in [-0.25, -0.2) is 5.48 Å². The van der Waals surface area contributed by atoms with Crippen molar-refractivity contribution in [1.82, 2.24) is 10.5 Å². The van der Waals surface area contributed by atoms with Crippen LogP contribution in [0.4, 0.5) is 0 Å². The standard InChI is InChI=1S/C8H8N2O2/c11-10-4-6-5-12-7-2-1-3-9-8(6)7/h1-3,5,10-11H,4H2. The van der Waals surface area contributed by atoms with Gasteiger partial charge in [0.05, 0.1) is 12.8 Å². The average Bonchev–Trinajstić information content (AvgIpc) is 2.50. The van der Waals surface area contributed by atoms with Crippen LogP contribution < -0.4 is 5.48 Å². The Hall–Kier alpha value is -1.39. The number of hydrogen-bond donors (Lipinski definition) is 2. The molecule has 0 bridgehead atoms. The molecule has 12 heavy (non-hydrogen) atoms. The minimum absolute atomic E-state index is 0.351. The number of nitrogens with one attached hydrogen (secondary N) is 1. The summed E-state index contributed by atoms with van der Waals surface area (Å²) in [5.74, 6) is 0. The van der Waals surface area contributed by atoms with Gasteiger partial charge in [0.1, 0.15) is 5.52 Å². The smallest absolute Gasteiger partial charge is 0.152 e. The Balaban J connectivity index is 2.55. The van der Waals surface area contributed by atoms with E-state index < -0.39 is 0 Å². The van der Waals surface area contributed by atoms with Gasteiger partial charge in [0, 0.05) is 11.8 Å². The molecule has 0 radical (unpaired) electrons. The molecule has 4 heteroatoms. The van der Waals surface area contributed by atoms with Crippen molar-refractivity contribution in [3.8, 4) is 0 Å². The summed E-state index contributed by atoms with van der Waals surface area (Å²) < 4.78 is 5.19. The summed E-state index contributed by atoms with van der Waals surface area (Å²) in [5, 5.41) is 8.48. The van der Waals surface area contributed by atoms with Crippen molar-refractivity contribution >= 4 is 11.1 Å². The monoisotopic (exact) mass is 164 g/mol. The highest BCUT2D eigenvalue weighted by molar-refractivity contribution is 5.75. The van der Waals surface area contributed by atoms with E-state index in [1.54, 1.807) is 12.5 Å². The first-order chi connectivity index (χ1) is 5.92. The summed E-state index contributed by atoms with van der Waals surface area (Å²) >= 11 is 0. The van der Waals surface area contributed by atoms with Gasteiger partial charge >= 0.3 is 0 Å².